The van der Waals surface area contributed by atoms with Crippen molar-refractivity contribution in [2.75, 3.05) is 0 Å². The third kappa shape index (κ3) is 6.50. The van der Waals surface area contributed by atoms with Crippen LogP contribution in [0.2, 0.25) is 0 Å². The quantitative estimate of drug-likeness (QED) is 0.616. The number of hydrazone groups is 1. The average Bonchev–Trinajstić information content (AvgIpc) is 2.95. The summed E-state index contributed by atoms with van der Waals surface area (Å²) in [7, 11) is 0. The number of aromatic nitrogens is 4. The second kappa shape index (κ2) is 7.45. The van der Waals surface area contributed by atoms with E-state index in [1.165, 1.54) is 0 Å². The molecule has 1 N–H and O–H groups in total. The largest absolute Gasteiger partial charge is 0.273 e. The number of tetrazole rings is 1. The molecule has 0 aromatic carbocycles. The zero-order valence-electron chi connectivity index (χ0n) is 18.1. The summed E-state index contributed by atoms with van der Waals surface area (Å²) < 4.78 is 0. The molecule has 7 heteroatoms. The van der Waals surface area contributed by atoms with Gasteiger partial charge in [-0.15, -0.1) is 10.2 Å². The second-order valence-electron chi connectivity index (χ2n) is 10.4. The molecule has 0 saturated heterocycles. The van der Waals surface area contributed by atoms with Crippen molar-refractivity contribution in [3.8, 4) is 0 Å². The highest BCUT2D eigenvalue weighted by Crippen LogP contribution is 2.31. The van der Waals surface area contributed by atoms with E-state index in [4.69, 9.17) is 0 Å². The molecule has 0 aliphatic heterocycles. The van der Waals surface area contributed by atoms with Crippen LogP contribution in [0.4, 0.5) is 0 Å². The van der Waals surface area contributed by atoms with E-state index >= 15 is 0 Å². The first-order chi connectivity index (χ1) is 11.5. The SMILES string of the molecule is CC(C)(/C=N/NC(=O)C(C)(C)C)CCC(C)(C)c1nnn(C(C)(C)C)n1. The Labute approximate surface area is 158 Å². The molecule has 0 saturated carbocycles. The summed E-state index contributed by atoms with van der Waals surface area (Å²) in [6.45, 7) is 20.2. The molecule has 0 spiro atoms. The van der Waals surface area contributed by atoms with Crippen molar-refractivity contribution in [2.24, 2.45) is 15.9 Å². The molecule has 0 unspecified atom stereocenters. The van der Waals surface area contributed by atoms with Crippen molar-refractivity contribution in [3.63, 3.8) is 0 Å². The van der Waals surface area contributed by atoms with Crippen LogP contribution in [0.15, 0.2) is 5.10 Å². The van der Waals surface area contributed by atoms with Gasteiger partial charge < -0.3 is 0 Å². The highest BCUT2D eigenvalue weighted by atomic mass is 16.2. The molecule has 148 valence electrons. The Bertz CT molecular complexity index is 644. The first kappa shape index (κ1) is 22.3. The number of rotatable bonds is 6. The van der Waals surface area contributed by atoms with Crippen LogP contribution in [0.5, 0.6) is 0 Å². The van der Waals surface area contributed by atoms with Crippen molar-refractivity contribution in [1.82, 2.24) is 25.6 Å². The molecular formula is C19H36N6O. The van der Waals surface area contributed by atoms with Crippen LogP contribution in [0.1, 0.15) is 87.9 Å². The predicted molar refractivity (Wildman–Crippen MR) is 105 cm³/mol. The Hall–Kier alpha value is -1.79. The van der Waals surface area contributed by atoms with Gasteiger partial charge in [0.25, 0.3) is 0 Å². The first-order valence-corrected chi connectivity index (χ1v) is 9.20. The van der Waals surface area contributed by atoms with E-state index in [1.807, 2.05) is 27.0 Å². The second-order valence-corrected chi connectivity index (χ2v) is 10.4. The number of amides is 1. The van der Waals surface area contributed by atoms with Crippen LogP contribution < -0.4 is 5.43 Å². The Kier molecular flexibility index (Phi) is 6.37. The maximum Gasteiger partial charge on any atom is 0.245 e. The van der Waals surface area contributed by atoms with Gasteiger partial charge in [-0.1, -0.05) is 48.5 Å². The van der Waals surface area contributed by atoms with Gasteiger partial charge in [0.05, 0.1) is 5.54 Å². The molecule has 1 aromatic rings. The first-order valence-electron chi connectivity index (χ1n) is 9.20. The number of nitrogens with one attached hydrogen (secondary N) is 1. The van der Waals surface area contributed by atoms with Crippen LogP contribution in [0.25, 0.3) is 0 Å². The lowest BCUT2D eigenvalue weighted by Crippen LogP contribution is -2.32. The lowest BCUT2D eigenvalue weighted by Gasteiger charge is -2.26. The van der Waals surface area contributed by atoms with E-state index in [9.17, 15) is 4.79 Å². The fraction of sp³-hybridized carbons (Fsp3) is 0.842. The molecule has 0 aliphatic rings. The summed E-state index contributed by atoms with van der Waals surface area (Å²) >= 11 is 0. The van der Waals surface area contributed by atoms with Crippen molar-refractivity contribution < 1.29 is 4.79 Å². The Morgan fingerprint density at radius 2 is 1.62 bits per heavy atom. The van der Waals surface area contributed by atoms with Gasteiger partial charge in [0.1, 0.15) is 0 Å². The van der Waals surface area contributed by atoms with Gasteiger partial charge in [-0.2, -0.15) is 9.90 Å². The van der Waals surface area contributed by atoms with Gasteiger partial charge in [0.2, 0.25) is 5.91 Å². The normalized spacial score (nSPS) is 14.1. The van der Waals surface area contributed by atoms with Gasteiger partial charge >= 0.3 is 0 Å². The maximum atomic E-state index is 11.9. The molecule has 26 heavy (non-hydrogen) atoms. The summed E-state index contributed by atoms with van der Waals surface area (Å²) in [4.78, 5) is 13.6. The molecular weight excluding hydrogens is 328 g/mol. The average molecular weight is 365 g/mol. The third-order valence-electron chi connectivity index (χ3n) is 4.27. The van der Waals surface area contributed by atoms with Crippen molar-refractivity contribution in [2.45, 2.75) is 93.0 Å². The molecule has 0 bridgehead atoms. The van der Waals surface area contributed by atoms with Crippen LogP contribution in [0.3, 0.4) is 0 Å². The maximum absolute atomic E-state index is 11.9. The minimum Gasteiger partial charge on any atom is -0.273 e. The fourth-order valence-electron chi connectivity index (χ4n) is 2.01. The van der Waals surface area contributed by atoms with Gasteiger partial charge in [0.15, 0.2) is 5.82 Å². The topological polar surface area (TPSA) is 85.1 Å². The minimum atomic E-state index is -0.450. The van der Waals surface area contributed by atoms with E-state index in [1.54, 1.807) is 4.80 Å². The molecule has 1 heterocycles. The third-order valence-corrected chi connectivity index (χ3v) is 4.27. The van der Waals surface area contributed by atoms with Crippen molar-refractivity contribution in [1.29, 1.82) is 0 Å². The predicted octanol–water partition coefficient (Wildman–Crippen LogP) is 3.66. The number of hydrogen-bond acceptors (Lipinski definition) is 5. The zero-order valence-corrected chi connectivity index (χ0v) is 18.1. The highest BCUT2D eigenvalue weighted by Gasteiger charge is 2.30. The number of carbonyl (C=O) groups excluding carboxylic acids is 1. The zero-order chi connectivity index (χ0) is 20.4. The summed E-state index contributed by atoms with van der Waals surface area (Å²) in [6, 6.07) is 0. The lowest BCUT2D eigenvalue weighted by molar-refractivity contribution is -0.128. The van der Waals surface area contributed by atoms with Gasteiger partial charge in [-0.05, 0) is 38.8 Å². The smallest absolute Gasteiger partial charge is 0.245 e. The van der Waals surface area contributed by atoms with Crippen LogP contribution >= 0.6 is 0 Å². The number of carbonyl (C=O) groups is 1. The number of hydrogen-bond donors (Lipinski definition) is 1. The van der Waals surface area contributed by atoms with E-state index in [0.29, 0.717) is 0 Å². The lowest BCUT2D eigenvalue weighted by atomic mass is 9.79. The molecule has 0 aliphatic carbocycles. The van der Waals surface area contributed by atoms with Crippen molar-refractivity contribution >= 4 is 12.1 Å². The molecule has 1 aromatic heterocycles. The Morgan fingerprint density at radius 3 is 2.08 bits per heavy atom. The van der Waals surface area contributed by atoms with Gasteiger partial charge in [0, 0.05) is 22.5 Å². The standard InChI is InChI=1S/C19H36N6O/c1-16(2,3)15(26)22-20-13-18(7,8)11-12-19(9,10)14-21-24-25(23-14)17(4,5)6/h13H,11-12H2,1-10H3,(H,22,26)/b20-13+. The Morgan fingerprint density at radius 1 is 1.04 bits per heavy atom. The molecule has 0 radical (unpaired) electrons. The molecule has 1 amide bonds. The fourth-order valence-corrected chi connectivity index (χ4v) is 2.01. The molecule has 0 fully saturated rings. The summed E-state index contributed by atoms with van der Waals surface area (Å²) in [5.41, 5.74) is 1.65. The number of nitrogens with zero attached hydrogens (tertiary/aromatic N) is 5. The van der Waals surface area contributed by atoms with E-state index in [2.05, 4.69) is 74.4 Å². The van der Waals surface area contributed by atoms with E-state index in [0.717, 1.165) is 18.7 Å². The summed E-state index contributed by atoms with van der Waals surface area (Å²) in [6.07, 6.45) is 3.58. The molecule has 7 nitrogen and oxygen atoms in total. The Balaban J connectivity index is 2.70. The van der Waals surface area contributed by atoms with Crippen LogP contribution in [-0.2, 0) is 15.7 Å². The summed E-state index contributed by atoms with van der Waals surface area (Å²) in [5.74, 6) is 0.661. The van der Waals surface area contributed by atoms with E-state index < -0.39 is 5.41 Å². The molecule has 0 atom stereocenters. The molecule has 1 rings (SSSR count). The van der Waals surface area contributed by atoms with Crippen LogP contribution in [0, 0.1) is 10.8 Å². The van der Waals surface area contributed by atoms with Crippen LogP contribution in [-0.4, -0.2) is 32.3 Å². The highest BCUT2D eigenvalue weighted by molar-refractivity contribution is 5.82. The van der Waals surface area contributed by atoms with Gasteiger partial charge in [-0.25, -0.2) is 5.43 Å². The van der Waals surface area contributed by atoms with E-state index in [-0.39, 0.29) is 22.3 Å². The summed E-state index contributed by atoms with van der Waals surface area (Å²) in [5, 5.41) is 17.2. The van der Waals surface area contributed by atoms with Gasteiger partial charge in [-0.3, -0.25) is 4.79 Å². The van der Waals surface area contributed by atoms with Crippen molar-refractivity contribution in [3.05, 3.63) is 5.82 Å². The minimum absolute atomic E-state index is 0.0899. The monoisotopic (exact) mass is 364 g/mol.